The molecule has 2 aliphatic rings. The van der Waals surface area contributed by atoms with Gasteiger partial charge < -0.3 is 5.32 Å². The van der Waals surface area contributed by atoms with Gasteiger partial charge in [0.1, 0.15) is 5.82 Å². The molecule has 2 aromatic carbocycles. The zero-order valence-corrected chi connectivity index (χ0v) is 20.7. The predicted molar refractivity (Wildman–Crippen MR) is 136 cm³/mol. The lowest BCUT2D eigenvalue weighted by atomic mass is 9.85. The summed E-state index contributed by atoms with van der Waals surface area (Å²) in [5.41, 5.74) is 1.88. The fraction of sp³-hybridized carbons (Fsp3) is 0.462. The number of rotatable bonds is 9. The third kappa shape index (κ3) is 5.64. The average molecular weight is 489 g/mol. The maximum absolute atomic E-state index is 14.0. The van der Waals surface area contributed by atoms with Gasteiger partial charge in [-0.05, 0) is 48.6 Å². The van der Waals surface area contributed by atoms with Crippen LogP contribution < -0.4 is 10.0 Å². The zero-order chi connectivity index (χ0) is 23.3. The van der Waals surface area contributed by atoms with Crippen LogP contribution in [0.1, 0.15) is 56.6 Å². The van der Waals surface area contributed by atoms with Crippen molar-refractivity contribution in [1.82, 2.24) is 5.32 Å². The van der Waals surface area contributed by atoms with Crippen molar-refractivity contribution in [2.75, 3.05) is 10.5 Å². The fourth-order valence-corrected chi connectivity index (χ4v) is 8.14. The van der Waals surface area contributed by atoms with Crippen molar-refractivity contribution in [2.24, 2.45) is 5.92 Å². The highest BCUT2D eigenvalue weighted by molar-refractivity contribution is 8.15. The number of thioether (sulfide) groups is 1. The van der Waals surface area contributed by atoms with Crippen molar-refractivity contribution in [3.05, 3.63) is 77.6 Å². The minimum Gasteiger partial charge on any atom is -0.310 e. The van der Waals surface area contributed by atoms with Crippen molar-refractivity contribution in [3.8, 4) is 0 Å². The van der Waals surface area contributed by atoms with Crippen molar-refractivity contribution in [3.63, 3.8) is 0 Å². The second-order valence-corrected chi connectivity index (χ2v) is 12.6. The Labute approximate surface area is 201 Å². The molecule has 0 amide bonds. The lowest BCUT2D eigenvalue weighted by Crippen LogP contribution is -2.35. The fourth-order valence-electron chi connectivity index (χ4n) is 4.92. The number of sulfonamides is 1. The molecule has 33 heavy (non-hydrogen) atoms. The maximum Gasteiger partial charge on any atom is 0.255 e. The maximum atomic E-state index is 14.0. The first-order chi connectivity index (χ1) is 15.9. The highest BCUT2D eigenvalue weighted by atomic mass is 32.3. The van der Waals surface area contributed by atoms with Crippen molar-refractivity contribution >= 4 is 27.5 Å². The van der Waals surface area contributed by atoms with E-state index in [0.717, 1.165) is 17.9 Å². The van der Waals surface area contributed by atoms with Crippen molar-refractivity contribution in [2.45, 2.75) is 62.1 Å². The first kappa shape index (κ1) is 24.3. The second-order valence-electron chi connectivity index (χ2n) is 9.18. The van der Waals surface area contributed by atoms with Gasteiger partial charge in [-0.1, -0.05) is 74.6 Å². The van der Waals surface area contributed by atoms with E-state index in [1.54, 1.807) is 24.3 Å². The van der Waals surface area contributed by atoms with E-state index < -0.39 is 19.9 Å². The molecular weight excluding hydrogens is 455 g/mol. The molecule has 1 saturated carbocycles. The monoisotopic (exact) mass is 488 g/mol. The molecule has 7 heteroatoms. The summed E-state index contributed by atoms with van der Waals surface area (Å²) in [5.74, 6) is 0.895. The summed E-state index contributed by atoms with van der Waals surface area (Å²) in [6.07, 6.45) is 11.3. The molecule has 2 N–H and O–H groups in total. The molecule has 0 aromatic heterocycles. The number of para-hydroxylation sites is 1. The molecule has 1 fully saturated rings. The Balaban J connectivity index is 1.50. The molecule has 1 heterocycles. The molecule has 1 aliphatic heterocycles. The Morgan fingerprint density at radius 2 is 1.91 bits per heavy atom. The first-order valence-corrected chi connectivity index (χ1v) is 14.3. The quantitative estimate of drug-likeness (QED) is 0.414. The Morgan fingerprint density at radius 1 is 1.12 bits per heavy atom. The Morgan fingerprint density at radius 3 is 2.64 bits per heavy atom. The molecule has 0 spiro atoms. The molecule has 1 unspecified atom stereocenters. The largest absolute Gasteiger partial charge is 0.310 e. The molecule has 0 radical (unpaired) electrons. The number of nitrogens with one attached hydrogen (secondary N) is 2. The summed E-state index contributed by atoms with van der Waals surface area (Å²) < 4.78 is 42.8. The highest BCUT2D eigenvalue weighted by Crippen LogP contribution is 2.47. The van der Waals surface area contributed by atoms with Gasteiger partial charge in [0.25, 0.3) is 10.0 Å². The molecule has 0 bridgehead atoms. The van der Waals surface area contributed by atoms with Gasteiger partial charge in [-0.15, -0.1) is 11.8 Å². The second kappa shape index (κ2) is 10.6. The van der Waals surface area contributed by atoms with Crippen LogP contribution in [0, 0.1) is 11.7 Å². The first-order valence-electron chi connectivity index (χ1n) is 11.8. The van der Waals surface area contributed by atoms with Crippen LogP contribution in [0.2, 0.25) is 0 Å². The van der Waals surface area contributed by atoms with E-state index in [1.807, 2.05) is 24.3 Å². The van der Waals surface area contributed by atoms with Gasteiger partial charge >= 0.3 is 0 Å². The molecule has 4 rings (SSSR count). The lowest BCUT2D eigenvalue weighted by molar-refractivity contribution is 0.305. The topological polar surface area (TPSA) is 58.2 Å². The molecule has 2 atom stereocenters. The van der Waals surface area contributed by atoms with Crippen molar-refractivity contribution < 1.29 is 12.8 Å². The van der Waals surface area contributed by atoms with E-state index in [0.29, 0.717) is 29.6 Å². The van der Waals surface area contributed by atoms with Gasteiger partial charge in [0.2, 0.25) is 0 Å². The predicted octanol–water partition coefficient (Wildman–Crippen LogP) is 6.17. The van der Waals surface area contributed by atoms with Crippen LogP contribution in [0.5, 0.6) is 0 Å². The van der Waals surface area contributed by atoms with Crippen LogP contribution in [0.15, 0.2) is 60.7 Å². The van der Waals surface area contributed by atoms with Gasteiger partial charge in [0, 0.05) is 18.3 Å². The molecule has 4 nitrogen and oxygen atoms in total. The molecule has 178 valence electrons. The smallest absolute Gasteiger partial charge is 0.255 e. The van der Waals surface area contributed by atoms with Crippen LogP contribution in [0.3, 0.4) is 0 Å². The third-order valence-corrected chi connectivity index (χ3v) is 10.5. The summed E-state index contributed by atoms with van der Waals surface area (Å²) in [4.78, 5) is 0. The number of hydrogen-bond donors (Lipinski definition) is 2. The lowest BCUT2D eigenvalue weighted by Gasteiger charge is -2.28. The third-order valence-electron chi connectivity index (χ3n) is 6.67. The molecule has 0 saturated heterocycles. The van der Waals surface area contributed by atoms with E-state index in [-0.39, 0.29) is 0 Å². The Bertz CT molecular complexity index is 1080. The van der Waals surface area contributed by atoms with E-state index >= 15 is 0 Å². The number of benzene rings is 2. The van der Waals surface area contributed by atoms with Gasteiger partial charge in [-0.3, -0.25) is 4.72 Å². The average Bonchev–Trinajstić information content (AvgIpc) is 3.31. The molecule has 2 aromatic rings. The standard InChI is InChI=1S/C26H33FN2O2S2/c1-20(17-21-9-3-2-4-10-21)28-19-22-11-5-6-14-25(22)29-33(30,31)26(15-8-16-32-26)23-12-7-13-24(27)18-23/h5-8,11-15,18,20-21,28-29H,2-4,9-10,16-17,19H2,1H3/t20-,26?/m0/s1. The van der Waals surface area contributed by atoms with Crippen molar-refractivity contribution in [1.29, 1.82) is 0 Å². The summed E-state index contributed by atoms with van der Waals surface area (Å²) >= 11 is 1.28. The Hall–Kier alpha value is -1.83. The van der Waals surface area contributed by atoms with Crippen LogP contribution in [-0.4, -0.2) is 20.2 Å². The number of hydrogen-bond acceptors (Lipinski definition) is 4. The number of anilines is 1. The van der Waals surface area contributed by atoms with E-state index in [1.165, 1.54) is 56.0 Å². The summed E-state index contributed by atoms with van der Waals surface area (Å²) in [5, 5.41) is 3.59. The SMILES string of the molecule is C[C@@H](CC1CCCCC1)NCc1ccccc1NS(=O)(=O)C1(c2cccc(F)c2)C=CCS1. The highest BCUT2D eigenvalue weighted by Gasteiger charge is 2.46. The van der Waals surface area contributed by atoms with E-state index in [4.69, 9.17) is 0 Å². The van der Waals surface area contributed by atoms with Crippen LogP contribution in [0.25, 0.3) is 0 Å². The van der Waals surface area contributed by atoms with Crippen LogP contribution in [-0.2, 0) is 20.6 Å². The minimum atomic E-state index is -3.90. The van der Waals surface area contributed by atoms with E-state index in [2.05, 4.69) is 17.0 Å². The molecular formula is C26H33FN2O2S2. The summed E-state index contributed by atoms with van der Waals surface area (Å²) in [7, 11) is -3.90. The number of halogens is 1. The van der Waals surface area contributed by atoms with Gasteiger partial charge in [0.15, 0.2) is 4.08 Å². The van der Waals surface area contributed by atoms with Crippen LogP contribution >= 0.6 is 11.8 Å². The zero-order valence-electron chi connectivity index (χ0n) is 19.1. The summed E-state index contributed by atoms with van der Waals surface area (Å²) in [6.45, 7) is 2.79. The summed E-state index contributed by atoms with van der Waals surface area (Å²) in [6, 6.07) is 13.7. The molecule has 1 aliphatic carbocycles. The minimum absolute atomic E-state index is 0.365. The van der Waals surface area contributed by atoms with Gasteiger partial charge in [-0.25, -0.2) is 12.8 Å². The van der Waals surface area contributed by atoms with Gasteiger partial charge in [0.05, 0.1) is 5.69 Å². The van der Waals surface area contributed by atoms with E-state index in [9.17, 15) is 12.8 Å². The van der Waals surface area contributed by atoms with Crippen LogP contribution in [0.4, 0.5) is 10.1 Å². The van der Waals surface area contributed by atoms with Gasteiger partial charge in [-0.2, -0.15) is 0 Å². The normalized spacial score (nSPS) is 22.4. The Kier molecular flexibility index (Phi) is 7.82.